The Labute approximate surface area is 143 Å². The van der Waals surface area contributed by atoms with Crippen molar-refractivity contribution in [2.45, 2.75) is 26.9 Å². The van der Waals surface area contributed by atoms with Crippen molar-refractivity contribution in [3.05, 3.63) is 59.4 Å². The van der Waals surface area contributed by atoms with Crippen molar-refractivity contribution in [3.8, 4) is 5.75 Å². The predicted octanol–water partition coefficient (Wildman–Crippen LogP) is 5.16. The number of alkyl halides is 2. The van der Waals surface area contributed by atoms with Crippen LogP contribution in [0.3, 0.4) is 0 Å². The first-order valence-electron chi connectivity index (χ1n) is 7.86. The zero-order valence-electron chi connectivity index (χ0n) is 13.8. The lowest BCUT2D eigenvalue weighted by Gasteiger charge is -2.11. The molecule has 0 aliphatic carbocycles. The van der Waals surface area contributed by atoms with Crippen LogP contribution in [-0.2, 0) is 6.42 Å². The third kappa shape index (κ3) is 3.47. The molecular weight excluding hydrogens is 328 g/mol. The number of amides is 1. The van der Waals surface area contributed by atoms with Gasteiger partial charge in [0.1, 0.15) is 11.3 Å². The molecular formula is C19H17F2NO3. The smallest absolute Gasteiger partial charge is 0.387 e. The van der Waals surface area contributed by atoms with Gasteiger partial charge >= 0.3 is 6.61 Å². The Morgan fingerprint density at radius 3 is 2.72 bits per heavy atom. The molecule has 1 N–H and O–H groups in total. The Bertz CT molecular complexity index is 918. The monoisotopic (exact) mass is 345 g/mol. The summed E-state index contributed by atoms with van der Waals surface area (Å²) in [4.78, 5) is 12.5. The lowest BCUT2D eigenvalue weighted by molar-refractivity contribution is -0.0493. The van der Waals surface area contributed by atoms with E-state index in [0.29, 0.717) is 11.1 Å². The van der Waals surface area contributed by atoms with E-state index in [1.807, 2.05) is 25.1 Å². The van der Waals surface area contributed by atoms with Gasteiger partial charge in [0.25, 0.3) is 5.91 Å². The van der Waals surface area contributed by atoms with Crippen LogP contribution in [0.15, 0.2) is 46.9 Å². The van der Waals surface area contributed by atoms with Gasteiger partial charge in [0.05, 0.1) is 5.69 Å². The van der Waals surface area contributed by atoms with Gasteiger partial charge in [0.2, 0.25) is 0 Å². The van der Waals surface area contributed by atoms with Crippen LogP contribution in [0.2, 0.25) is 0 Å². The molecule has 1 aromatic heterocycles. The molecule has 25 heavy (non-hydrogen) atoms. The van der Waals surface area contributed by atoms with E-state index in [-0.39, 0.29) is 17.2 Å². The summed E-state index contributed by atoms with van der Waals surface area (Å²) >= 11 is 0. The summed E-state index contributed by atoms with van der Waals surface area (Å²) < 4.78 is 35.0. The zero-order chi connectivity index (χ0) is 18.0. The predicted molar refractivity (Wildman–Crippen MR) is 91.4 cm³/mol. The van der Waals surface area contributed by atoms with Gasteiger partial charge in [-0.1, -0.05) is 25.1 Å². The van der Waals surface area contributed by atoms with Crippen molar-refractivity contribution in [3.63, 3.8) is 0 Å². The summed E-state index contributed by atoms with van der Waals surface area (Å²) in [6.45, 7) is 0.866. The van der Waals surface area contributed by atoms with E-state index < -0.39 is 12.5 Å². The lowest BCUT2D eigenvalue weighted by atomic mass is 10.1. The second-order valence-corrected chi connectivity index (χ2v) is 5.57. The summed E-state index contributed by atoms with van der Waals surface area (Å²) in [6.07, 6.45) is 0.875. The highest BCUT2D eigenvalue weighted by atomic mass is 19.3. The van der Waals surface area contributed by atoms with Crippen molar-refractivity contribution in [1.82, 2.24) is 0 Å². The Balaban J connectivity index is 1.92. The molecule has 0 unspecified atom stereocenters. The Kier molecular flexibility index (Phi) is 4.70. The van der Waals surface area contributed by atoms with Gasteiger partial charge in [-0.2, -0.15) is 8.78 Å². The molecule has 3 aromatic rings. The molecule has 1 amide bonds. The second kappa shape index (κ2) is 6.93. The molecule has 2 aromatic carbocycles. The summed E-state index contributed by atoms with van der Waals surface area (Å²) in [7, 11) is 0. The number of furan rings is 1. The fourth-order valence-corrected chi connectivity index (χ4v) is 2.65. The van der Waals surface area contributed by atoms with Crippen molar-refractivity contribution < 1.29 is 22.7 Å². The van der Waals surface area contributed by atoms with Crippen LogP contribution in [0.5, 0.6) is 5.75 Å². The first kappa shape index (κ1) is 17.0. The molecule has 6 heteroatoms. The number of rotatable bonds is 5. The van der Waals surface area contributed by atoms with E-state index in [9.17, 15) is 13.6 Å². The highest BCUT2D eigenvalue weighted by Crippen LogP contribution is 2.29. The van der Waals surface area contributed by atoms with Crippen LogP contribution in [0.1, 0.15) is 28.6 Å². The third-order valence-corrected chi connectivity index (χ3v) is 3.97. The van der Waals surface area contributed by atoms with Crippen LogP contribution in [-0.4, -0.2) is 12.5 Å². The first-order chi connectivity index (χ1) is 12.0. The number of nitrogens with one attached hydrogen (secondary N) is 1. The number of carbonyl (C=O) groups is 1. The average Bonchev–Trinajstić information content (AvgIpc) is 2.92. The molecule has 0 spiro atoms. The number of anilines is 1. The van der Waals surface area contributed by atoms with E-state index in [1.165, 1.54) is 12.1 Å². The highest BCUT2D eigenvalue weighted by molar-refractivity contribution is 6.07. The molecule has 0 saturated heterocycles. The number of fused-ring (bicyclic) bond motifs is 1. The molecule has 1 heterocycles. The van der Waals surface area contributed by atoms with E-state index >= 15 is 0 Å². The number of hydrogen-bond acceptors (Lipinski definition) is 3. The van der Waals surface area contributed by atoms with Crippen LogP contribution in [0.25, 0.3) is 11.0 Å². The topological polar surface area (TPSA) is 51.5 Å². The molecule has 130 valence electrons. The zero-order valence-corrected chi connectivity index (χ0v) is 13.8. The molecule has 0 aliphatic heterocycles. The van der Waals surface area contributed by atoms with Crippen molar-refractivity contribution in [2.24, 2.45) is 0 Å². The minimum absolute atomic E-state index is 0.104. The van der Waals surface area contributed by atoms with E-state index in [0.717, 1.165) is 17.4 Å². The van der Waals surface area contributed by atoms with Gasteiger partial charge in [-0.05, 0) is 43.2 Å². The normalized spacial score (nSPS) is 11.1. The van der Waals surface area contributed by atoms with E-state index in [2.05, 4.69) is 10.1 Å². The Hall–Kier alpha value is -2.89. The van der Waals surface area contributed by atoms with E-state index in [1.54, 1.807) is 19.1 Å². The lowest BCUT2D eigenvalue weighted by Crippen LogP contribution is -2.14. The average molecular weight is 345 g/mol. The van der Waals surface area contributed by atoms with Crippen molar-refractivity contribution >= 4 is 22.6 Å². The van der Waals surface area contributed by atoms with Crippen LogP contribution in [0.4, 0.5) is 14.5 Å². The summed E-state index contributed by atoms with van der Waals surface area (Å²) in [6, 6.07) is 11.8. The van der Waals surface area contributed by atoms with Gasteiger partial charge in [-0.3, -0.25) is 4.79 Å². The van der Waals surface area contributed by atoms with Crippen LogP contribution < -0.4 is 10.1 Å². The maximum atomic E-state index is 12.5. The largest absolute Gasteiger partial charge is 0.451 e. The Morgan fingerprint density at radius 1 is 1.24 bits per heavy atom. The van der Waals surface area contributed by atoms with Gasteiger partial charge in [-0.25, -0.2) is 0 Å². The van der Waals surface area contributed by atoms with Crippen LogP contribution >= 0.6 is 0 Å². The summed E-state index contributed by atoms with van der Waals surface area (Å²) in [5.74, 6) is -0.472. The number of para-hydroxylation sites is 2. The second-order valence-electron chi connectivity index (χ2n) is 5.57. The molecule has 0 atom stereocenters. The standard InChI is InChI=1S/C19H17F2NO3/c1-3-12-8-9-15-13(10-12)11(2)17(24-15)18(23)22-14-6-4-5-7-16(14)25-19(20)21/h4-10,19H,3H2,1-2H3,(H,22,23). The van der Waals surface area contributed by atoms with Crippen molar-refractivity contribution in [1.29, 1.82) is 0 Å². The molecule has 0 aliphatic rings. The molecule has 0 fully saturated rings. The minimum Gasteiger partial charge on any atom is -0.451 e. The highest BCUT2D eigenvalue weighted by Gasteiger charge is 2.19. The molecule has 0 bridgehead atoms. The maximum Gasteiger partial charge on any atom is 0.387 e. The number of hydrogen-bond donors (Lipinski definition) is 1. The van der Waals surface area contributed by atoms with Gasteiger partial charge < -0.3 is 14.5 Å². The number of carbonyl (C=O) groups excluding carboxylic acids is 1. The number of halogens is 2. The van der Waals surface area contributed by atoms with E-state index in [4.69, 9.17) is 4.42 Å². The number of aryl methyl sites for hydroxylation is 2. The molecule has 4 nitrogen and oxygen atoms in total. The van der Waals surface area contributed by atoms with Gasteiger partial charge in [-0.15, -0.1) is 0 Å². The fraction of sp³-hybridized carbons (Fsp3) is 0.211. The Morgan fingerprint density at radius 2 is 2.00 bits per heavy atom. The van der Waals surface area contributed by atoms with Gasteiger partial charge in [0.15, 0.2) is 5.76 Å². The first-order valence-corrected chi connectivity index (χ1v) is 7.86. The maximum absolute atomic E-state index is 12.5. The van der Waals surface area contributed by atoms with Crippen LogP contribution in [0, 0.1) is 6.92 Å². The number of benzene rings is 2. The summed E-state index contributed by atoms with van der Waals surface area (Å²) in [5, 5.41) is 3.43. The van der Waals surface area contributed by atoms with Gasteiger partial charge in [0, 0.05) is 10.9 Å². The summed E-state index contributed by atoms with van der Waals surface area (Å²) in [5.41, 5.74) is 2.60. The molecule has 0 radical (unpaired) electrons. The molecule has 0 saturated carbocycles. The third-order valence-electron chi connectivity index (χ3n) is 3.97. The van der Waals surface area contributed by atoms with Crippen molar-refractivity contribution in [2.75, 3.05) is 5.32 Å². The number of ether oxygens (including phenoxy) is 1. The SMILES string of the molecule is CCc1ccc2oc(C(=O)Nc3ccccc3OC(F)F)c(C)c2c1. The fourth-order valence-electron chi connectivity index (χ4n) is 2.65. The molecule has 3 rings (SSSR count). The quantitative estimate of drug-likeness (QED) is 0.695. The minimum atomic E-state index is -2.97.